The molecule has 0 aromatic heterocycles. The maximum absolute atomic E-state index is 10.9. The molecule has 0 fully saturated rings. The lowest BCUT2D eigenvalue weighted by molar-refractivity contribution is 0.140. The predicted octanol–water partition coefficient (Wildman–Crippen LogP) is 2.38. The molecule has 1 aromatic carbocycles. The molecule has 0 unspecified atom stereocenters. The predicted molar refractivity (Wildman–Crippen MR) is 60.1 cm³/mol. The number of benzene rings is 1. The second-order valence-electron chi connectivity index (χ2n) is 3.70. The van der Waals surface area contributed by atoms with Crippen LogP contribution in [0.15, 0.2) is 12.1 Å². The van der Waals surface area contributed by atoms with Gasteiger partial charge in [0.05, 0.1) is 7.11 Å². The van der Waals surface area contributed by atoms with E-state index >= 15 is 0 Å². The lowest BCUT2D eigenvalue weighted by atomic mass is 9.99. The Morgan fingerprint density at radius 2 is 2.31 bits per heavy atom. The molecule has 0 atom stereocenters. The van der Waals surface area contributed by atoms with Crippen LogP contribution in [0.2, 0.25) is 5.02 Å². The van der Waals surface area contributed by atoms with Crippen LogP contribution < -0.4 is 4.74 Å². The van der Waals surface area contributed by atoms with Crippen molar-refractivity contribution < 1.29 is 14.6 Å². The number of ether oxygens (including phenoxy) is 1. The quantitative estimate of drug-likeness (QED) is 0.821. The largest absolute Gasteiger partial charge is 0.497 e. The van der Waals surface area contributed by atoms with E-state index in [0.717, 1.165) is 11.1 Å². The SMILES string of the molecule is COc1cc(Cl)c2c(c1)CN(C(=O)O)CC2. The number of halogens is 1. The lowest BCUT2D eigenvalue weighted by Crippen LogP contribution is -2.34. The van der Waals surface area contributed by atoms with Crippen molar-refractivity contribution in [2.75, 3.05) is 13.7 Å². The van der Waals surface area contributed by atoms with E-state index in [-0.39, 0.29) is 0 Å². The summed E-state index contributed by atoms with van der Waals surface area (Å²) in [5, 5.41) is 9.57. The molecule has 1 aliphatic rings. The van der Waals surface area contributed by atoms with E-state index in [1.54, 1.807) is 13.2 Å². The van der Waals surface area contributed by atoms with Crippen LogP contribution in [0.5, 0.6) is 5.75 Å². The Morgan fingerprint density at radius 3 is 2.94 bits per heavy atom. The molecule has 1 aliphatic heterocycles. The molecule has 0 saturated heterocycles. The number of rotatable bonds is 1. The highest BCUT2D eigenvalue weighted by molar-refractivity contribution is 6.31. The van der Waals surface area contributed by atoms with Gasteiger partial charge in [-0.2, -0.15) is 0 Å². The van der Waals surface area contributed by atoms with Crippen LogP contribution >= 0.6 is 11.6 Å². The first-order valence-electron chi connectivity index (χ1n) is 4.95. The molecule has 0 bridgehead atoms. The Balaban J connectivity index is 2.36. The second kappa shape index (κ2) is 4.22. The number of carbonyl (C=O) groups is 1. The van der Waals surface area contributed by atoms with Crippen molar-refractivity contribution >= 4 is 17.7 Å². The molecule has 86 valence electrons. The minimum atomic E-state index is -0.899. The second-order valence-corrected chi connectivity index (χ2v) is 4.11. The normalized spacial score (nSPS) is 14.5. The van der Waals surface area contributed by atoms with Crippen molar-refractivity contribution in [3.63, 3.8) is 0 Å². The maximum atomic E-state index is 10.9. The van der Waals surface area contributed by atoms with Crippen molar-refractivity contribution in [1.82, 2.24) is 4.90 Å². The zero-order chi connectivity index (χ0) is 11.7. The minimum absolute atomic E-state index is 0.377. The third-order valence-electron chi connectivity index (χ3n) is 2.76. The number of fused-ring (bicyclic) bond motifs is 1. The van der Waals surface area contributed by atoms with Gasteiger partial charge in [0.2, 0.25) is 0 Å². The lowest BCUT2D eigenvalue weighted by Gasteiger charge is -2.27. The van der Waals surface area contributed by atoms with Gasteiger partial charge >= 0.3 is 6.09 Å². The summed E-state index contributed by atoms with van der Waals surface area (Å²) in [4.78, 5) is 12.2. The van der Waals surface area contributed by atoms with Gasteiger partial charge in [-0.3, -0.25) is 0 Å². The Labute approximate surface area is 98.4 Å². The number of amides is 1. The average molecular weight is 242 g/mol. The van der Waals surface area contributed by atoms with Crippen LogP contribution in [-0.2, 0) is 13.0 Å². The molecule has 5 heteroatoms. The highest BCUT2D eigenvalue weighted by Gasteiger charge is 2.22. The Kier molecular flexibility index (Phi) is 2.92. The summed E-state index contributed by atoms with van der Waals surface area (Å²) in [6.45, 7) is 0.871. The van der Waals surface area contributed by atoms with Crippen molar-refractivity contribution in [2.24, 2.45) is 0 Å². The van der Waals surface area contributed by atoms with Crippen molar-refractivity contribution in [1.29, 1.82) is 0 Å². The molecule has 2 rings (SSSR count). The first-order chi connectivity index (χ1) is 7.61. The zero-order valence-electron chi connectivity index (χ0n) is 8.86. The summed E-state index contributed by atoms with van der Waals surface area (Å²) in [6, 6.07) is 3.60. The molecule has 1 aromatic rings. The molecular weight excluding hydrogens is 230 g/mol. The van der Waals surface area contributed by atoms with Gasteiger partial charge in [0.15, 0.2) is 0 Å². The first kappa shape index (κ1) is 11.1. The number of carboxylic acid groups (broad SMARTS) is 1. The summed E-state index contributed by atoms with van der Waals surface area (Å²) in [5.41, 5.74) is 1.96. The molecule has 1 amide bonds. The molecule has 0 spiro atoms. The maximum Gasteiger partial charge on any atom is 0.407 e. The van der Waals surface area contributed by atoms with E-state index in [4.69, 9.17) is 21.4 Å². The van der Waals surface area contributed by atoms with Crippen LogP contribution in [0, 0.1) is 0 Å². The number of hydrogen-bond acceptors (Lipinski definition) is 2. The van der Waals surface area contributed by atoms with E-state index < -0.39 is 6.09 Å². The molecule has 4 nitrogen and oxygen atoms in total. The third kappa shape index (κ3) is 1.93. The fourth-order valence-corrected chi connectivity index (χ4v) is 2.22. The molecular formula is C11H12ClNO3. The van der Waals surface area contributed by atoms with Gasteiger partial charge < -0.3 is 14.7 Å². The van der Waals surface area contributed by atoms with Crippen LogP contribution in [0.25, 0.3) is 0 Å². The van der Waals surface area contributed by atoms with Gasteiger partial charge in [-0.1, -0.05) is 11.6 Å². The first-order valence-corrected chi connectivity index (χ1v) is 5.32. The van der Waals surface area contributed by atoms with E-state index in [2.05, 4.69) is 0 Å². The molecule has 0 radical (unpaired) electrons. The summed E-state index contributed by atoms with van der Waals surface area (Å²) in [5.74, 6) is 0.663. The summed E-state index contributed by atoms with van der Waals surface area (Å²) < 4.78 is 5.11. The zero-order valence-corrected chi connectivity index (χ0v) is 9.62. The van der Waals surface area contributed by atoms with Crippen LogP contribution in [-0.4, -0.2) is 29.8 Å². The van der Waals surface area contributed by atoms with Gasteiger partial charge in [0, 0.05) is 18.1 Å². The number of methoxy groups -OCH3 is 1. The fourth-order valence-electron chi connectivity index (χ4n) is 1.90. The van der Waals surface area contributed by atoms with E-state index in [9.17, 15) is 4.79 Å². The van der Waals surface area contributed by atoms with Crippen molar-refractivity contribution in [3.8, 4) is 5.75 Å². The highest BCUT2D eigenvalue weighted by atomic mass is 35.5. The topological polar surface area (TPSA) is 49.8 Å². The van der Waals surface area contributed by atoms with Gasteiger partial charge in [-0.05, 0) is 29.7 Å². The summed E-state index contributed by atoms with van der Waals surface area (Å²) >= 11 is 6.11. The Morgan fingerprint density at radius 1 is 1.56 bits per heavy atom. The molecule has 0 saturated carbocycles. The Bertz CT molecular complexity index is 433. The monoisotopic (exact) mass is 241 g/mol. The molecule has 1 heterocycles. The third-order valence-corrected chi connectivity index (χ3v) is 3.10. The standard InChI is InChI=1S/C11H12ClNO3/c1-16-8-4-7-6-13(11(14)15)3-2-9(7)10(12)5-8/h4-5H,2-3,6H2,1H3,(H,14,15). The van der Waals surface area contributed by atoms with E-state index in [0.29, 0.717) is 30.3 Å². The smallest absolute Gasteiger partial charge is 0.407 e. The van der Waals surface area contributed by atoms with Gasteiger partial charge in [0.25, 0.3) is 0 Å². The van der Waals surface area contributed by atoms with Gasteiger partial charge in [-0.25, -0.2) is 4.79 Å². The van der Waals surface area contributed by atoms with E-state index in [1.807, 2.05) is 6.07 Å². The summed E-state index contributed by atoms with van der Waals surface area (Å²) in [7, 11) is 1.57. The van der Waals surface area contributed by atoms with Crippen LogP contribution in [0.3, 0.4) is 0 Å². The van der Waals surface area contributed by atoms with Crippen molar-refractivity contribution in [3.05, 3.63) is 28.3 Å². The van der Waals surface area contributed by atoms with Crippen molar-refractivity contribution in [2.45, 2.75) is 13.0 Å². The van der Waals surface area contributed by atoms with E-state index in [1.165, 1.54) is 4.90 Å². The molecule has 1 N–H and O–H groups in total. The Hall–Kier alpha value is -1.42. The minimum Gasteiger partial charge on any atom is -0.497 e. The number of nitrogens with zero attached hydrogens (tertiary/aromatic N) is 1. The molecule has 16 heavy (non-hydrogen) atoms. The van der Waals surface area contributed by atoms with Gasteiger partial charge in [0.1, 0.15) is 5.75 Å². The average Bonchev–Trinajstić information content (AvgIpc) is 2.28. The van der Waals surface area contributed by atoms with Crippen LogP contribution in [0.1, 0.15) is 11.1 Å². The van der Waals surface area contributed by atoms with Gasteiger partial charge in [-0.15, -0.1) is 0 Å². The highest BCUT2D eigenvalue weighted by Crippen LogP contribution is 2.30. The van der Waals surface area contributed by atoms with Crippen LogP contribution in [0.4, 0.5) is 4.79 Å². The number of hydrogen-bond donors (Lipinski definition) is 1. The molecule has 0 aliphatic carbocycles. The summed E-state index contributed by atoms with van der Waals surface area (Å²) in [6.07, 6.45) is -0.241. The fraction of sp³-hybridized carbons (Fsp3) is 0.364.